The molecule has 1 aliphatic heterocycles. The fourth-order valence-corrected chi connectivity index (χ4v) is 2.41. The van der Waals surface area contributed by atoms with E-state index in [9.17, 15) is 4.79 Å². The molecule has 0 saturated carbocycles. The highest BCUT2D eigenvalue weighted by Crippen LogP contribution is 2.23. The topological polar surface area (TPSA) is 46.3 Å². The summed E-state index contributed by atoms with van der Waals surface area (Å²) in [6.07, 6.45) is 3.62. The van der Waals surface area contributed by atoms with Gasteiger partial charge in [0.15, 0.2) is 0 Å². The molecule has 1 heterocycles. The molecule has 0 aliphatic carbocycles. The summed E-state index contributed by atoms with van der Waals surface area (Å²) in [7, 11) is 0. The van der Waals surface area contributed by atoms with Crippen molar-refractivity contribution in [3.05, 3.63) is 0 Å². The van der Waals surface area contributed by atoms with Crippen LogP contribution in [0.5, 0.6) is 0 Å². The molecule has 0 aromatic carbocycles. The first-order valence-corrected chi connectivity index (χ1v) is 6.05. The smallest absolute Gasteiger partial charge is 0.239 e. The number of carbonyl (C=O) groups is 1. The molecule has 16 heavy (non-hydrogen) atoms. The number of nitrogens with zero attached hydrogens (tertiary/aromatic N) is 1. The second-order valence-electron chi connectivity index (χ2n) is 5.21. The molecular formula is C12H25ClN2O. The van der Waals surface area contributed by atoms with Gasteiger partial charge in [0.05, 0.1) is 6.04 Å². The summed E-state index contributed by atoms with van der Waals surface area (Å²) in [6, 6.07) is -0.345. The Bertz CT molecular complexity index is 219. The Hall–Kier alpha value is -0.280. The SMILES string of the molecule is CC(C)CC1CCCN(C(=O)[C@H](C)N)C1.Cl. The van der Waals surface area contributed by atoms with Crippen LogP contribution in [0.4, 0.5) is 0 Å². The Morgan fingerprint density at radius 2 is 2.06 bits per heavy atom. The summed E-state index contributed by atoms with van der Waals surface area (Å²) in [5.74, 6) is 1.52. The minimum Gasteiger partial charge on any atom is -0.341 e. The molecule has 1 unspecified atom stereocenters. The Morgan fingerprint density at radius 1 is 1.44 bits per heavy atom. The summed E-state index contributed by atoms with van der Waals surface area (Å²) >= 11 is 0. The van der Waals surface area contributed by atoms with Gasteiger partial charge in [-0.25, -0.2) is 0 Å². The van der Waals surface area contributed by atoms with Crippen LogP contribution in [-0.2, 0) is 4.79 Å². The van der Waals surface area contributed by atoms with Gasteiger partial charge in [0.1, 0.15) is 0 Å². The number of nitrogens with two attached hydrogens (primary N) is 1. The second-order valence-corrected chi connectivity index (χ2v) is 5.21. The summed E-state index contributed by atoms with van der Waals surface area (Å²) < 4.78 is 0. The molecule has 1 amide bonds. The van der Waals surface area contributed by atoms with Crippen molar-refractivity contribution < 1.29 is 4.79 Å². The molecule has 4 heteroatoms. The van der Waals surface area contributed by atoms with Crippen molar-refractivity contribution in [2.75, 3.05) is 13.1 Å². The van der Waals surface area contributed by atoms with E-state index >= 15 is 0 Å². The van der Waals surface area contributed by atoms with Gasteiger partial charge in [0, 0.05) is 13.1 Å². The predicted octanol–water partition coefficient (Wildman–Crippen LogP) is 2.04. The predicted molar refractivity (Wildman–Crippen MR) is 69.7 cm³/mol. The maximum Gasteiger partial charge on any atom is 0.239 e. The van der Waals surface area contributed by atoms with Crippen LogP contribution in [0.3, 0.4) is 0 Å². The molecule has 0 aromatic heterocycles. The van der Waals surface area contributed by atoms with Crippen molar-refractivity contribution in [3.63, 3.8) is 0 Å². The lowest BCUT2D eigenvalue weighted by molar-refractivity contribution is -0.134. The molecule has 1 fully saturated rings. The molecule has 96 valence electrons. The monoisotopic (exact) mass is 248 g/mol. The van der Waals surface area contributed by atoms with E-state index in [1.165, 1.54) is 12.8 Å². The Morgan fingerprint density at radius 3 is 2.56 bits per heavy atom. The maximum absolute atomic E-state index is 11.7. The number of hydrogen-bond acceptors (Lipinski definition) is 2. The van der Waals surface area contributed by atoms with Crippen LogP contribution in [0.1, 0.15) is 40.0 Å². The molecule has 0 bridgehead atoms. The van der Waals surface area contributed by atoms with Crippen molar-refractivity contribution in [1.29, 1.82) is 0 Å². The van der Waals surface area contributed by atoms with Crippen molar-refractivity contribution in [3.8, 4) is 0 Å². The first kappa shape index (κ1) is 15.7. The molecule has 2 N–H and O–H groups in total. The fourth-order valence-electron chi connectivity index (χ4n) is 2.41. The van der Waals surface area contributed by atoms with E-state index in [1.54, 1.807) is 6.92 Å². The number of rotatable bonds is 3. The molecule has 0 radical (unpaired) electrons. The number of piperidine rings is 1. The third-order valence-electron chi connectivity index (χ3n) is 3.02. The first-order chi connectivity index (χ1) is 7.00. The Kier molecular flexibility index (Phi) is 7.00. The van der Waals surface area contributed by atoms with Crippen LogP contribution in [0, 0.1) is 11.8 Å². The van der Waals surface area contributed by atoms with Gasteiger partial charge in [-0.15, -0.1) is 12.4 Å². The summed E-state index contributed by atoms with van der Waals surface area (Å²) in [5.41, 5.74) is 5.62. The van der Waals surface area contributed by atoms with Crippen LogP contribution in [-0.4, -0.2) is 29.9 Å². The van der Waals surface area contributed by atoms with Gasteiger partial charge in [-0.05, 0) is 38.0 Å². The lowest BCUT2D eigenvalue weighted by Gasteiger charge is -2.34. The number of halogens is 1. The van der Waals surface area contributed by atoms with Crippen molar-refractivity contribution in [2.24, 2.45) is 17.6 Å². The lowest BCUT2D eigenvalue weighted by atomic mass is 9.89. The lowest BCUT2D eigenvalue weighted by Crippen LogP contribution is -2.47. The molecule has 1 rings (SSSR count). The van der Waals surface area contributed by atoms with Gasteiger partial charge in [-0.1, -0.05) is 13.8 Å². The van der Waals surface area contributed by atoms with Crippen LogP contribution in [0.25, 0.3) is 0 Å². The van der Waals surface area contributed by atoms with Gasteiger partial charge in [-0.2, -0.15) is 0 Å². The number of likely N-dealkylation sites (tertiary alicyclic amines) is 1. The van der Waals surface area contributed by atoms with Gasteiger partial charge >= 0.3 is 0 Å². The summed E-state index contributed by atoms with van der Waals surface area (Å²) in [6.45, 7) is 8.07. The van der Waals surface area contributed by atoms with E-state index in [0.29, 0.717) is 5.92 Å². The van der Waals surface area contributed by atoms with Gasteiger partial charge in [0.2, 0.25) is 5.91 Å². The van der Waals surface area contributed by atoms with Crippen molar-refractivity contribution in [2.45, 2.75) is 46.1 Å². The molecule has 0 aromatic rings. The van der Waals surface area contributed by atoms with E-state index in [4.69, 9.17) is 5.73 Å². The summed E-state index contributed by atoms with van der Waals surface area (Å²) in [4.78, 5) is 13.7. The Labute approximate surface area is 105 Å². The zero-order chi connectivity index (χ0) is 11.4. The minimum absolute atomic E-state index is 0. The molecule has 0 spiro atoms. The average molecular weight is 249 g/mol. The Balaban J connectivity index is 0.00000225. The molecule has 2 atom stereocenters. The third kappa shape index (κ3) is 4.71. The fraction of sp³-hybridized carbons (Fsp3) is 0.917. The second kappa shape index (κ2) is 7.13. The molecular weight excluding hydrogens is 224 g/mol. The molecule has 1 aliphatic rings. The standard InChI is InChI=1S/C12H24N2O.ClH/c1-9(2)7-11-5-4-6-14(8-11)12(15)10(3)13;/h9-11H,4-8,13H2,1-3H3;1H/t10-,11?;/m0./s1. The van der Waals surface area contributed by atoms with E-state index in [0.717, 1.165) is 25.4 Å². The largest absolute Gasteiger partial charge is 0.341 e. The molecule has 1 saturated heterocycles. The van der Waals surface area contributed by atoms with Crippen LogP contribution in [0.2, 0.25) is 0 Å². The number of amides is 1. The van der Waals surface area contributed by atoms with E-state index in [1.807, 2.05) is 4.90 Å². The van der Waals surface area contributed by atoms with Crippen LogP contribution in [0.15, 0.2) is 0 Å². The van der Waals surface area contributed by atoms with Gasteiger partial charge < -0.3 is 10.6 Å². The quantitative estimate of drug-likeness (QED) is 0.831. The number of hydrogen-bond donors (Lipinski definition) is 1. The van der Waals surface area contributed by atoms with Gasteiger partial charge in [-0.3, -0.25) is 4.79 Å². The van der Waals surface area contributed by atoms with E-state index < -0.39 is 0 Å². The zero-order valence-corrected chi connectivity index (χ0v) is 11.4. The first-order valence-electron chi connectivity index (χ1n) is 6.05. The number of carbonyl (C=O) groups excluding carboxylic acids is 1. The minimum atomic E-state index is -0.345. The zero-order valence-electron chi connectivity index (χ0n) is 10.6. The highest BCUT2D eigenvalue weighted by Gasteiger charge is 2.25. The summed E-state index contributed by atoms with van der Waals surface area (Å²) in [5, 5.41) is 0. The maximum atomic E-state index is 11.7. The average Bonchev–Trinajstić information content (AvgIpc) is 2.16. The van der Waals surface area contributed by atoms with E-state index in [2.05, 4.69) is 13.8 Å². The van der Waals surface area contributed by atoms with Crippen LogP contribution >= 0.6 is 12.4 Å². The highest BCUT2D eigenvalue weighted by atomic mass is 35.5. The normalized spacial score (nSPS) is 22.8. The molecule has 3 nitrogen and oxygen atoms in total. The van der Waals surface area contributed by atoms with Crippen molar-refractivity contribution in [1.82, 2.24) is 4.90 Å². The van der Waals surface area contributed by atoms with Crippen LogP contribution < -0.4 is 5.73 Å². The van der Waals surface area contributed by atoms with Gasteiger partial charge in [0.25, 0.3) is 0 Å². The van der Waals surface area contributed by atoms with Crippen molar-refractivity contribution >= 4 is 18.3 Å². The third-order valence-corrected chi connectivity index (χ3v) is 3.02. The highest BCUT2D eigenvalue weighted by molar-refractivity contribution is 5.85. The van der Waals surface area contributed by atoms with E-state index in [-0.39, 0.29) is 24.4 Å².